The van der Waals surface area contributed by atoms with Gasteiger partial charge in [-0.25, -0.2) is 0 Å². The molecule has 1 aromatic carbocycles. The van der Waals surface area contributed by atoms with E-state index in [4.69, 9.17) is 3.07 Å². The van der Waals surface area contributed by atoms with Gasteiger partial charge in [-0.1, -0.05) is 0 Å². The van der Waals surface area contributed by atoms with Crippen LogP contribution in [0.15, 0.2) is 24.3 Å². The monoisotopic (exact) mass is 528 g/mol. The summed E-state index contributed by atoms with van der Waals surface area (Å²) in [5.74, 6) is -0.0879. The van der Waals surface area contributed by atoms with Crippen molar-refractivity contribution in [2.45, 2.75) is 37.3 Å². The first-order valence-electron chi connectivity index (χ1n) is 9.49. The van der Waals surface area contributed by atoms with Gasteiger partial charge in [0, 0.05) is 37.8 Å². The number of amides is 1. The number of benzene rings is 1. The molecule has 0 unspecified atom stereocenters. The zero-order valence-electron chi connectivity index (χ0n) is 15.7. The third-order valence-electron chi connectivity index (χ3n) is 5.72. The van der Waals surface area contributed by atoms with Crippen LogP contribution in [0, 0.1) is 5.92 Å². The topological polar surface area (TPSA) is 73.2 Å². The fourth-order valence-corrected chi connectivity index (χ4v) is 4.56. The minimum atomic E-state index is -4.43. The Morgan fingerprint density at radius 1 is 1.24 bits per heavy atom. The maximum absolute atomic E-state index is 12.7. The number of likely N-dealkylation sites (tertiary alicyclic amines) is 2. The van der Waals surface area contributed by atoms with Crippen LogP contribution in [0.1, 0.15) is 28.8 Å². The summed E-state index contributed by atoms with van der Waals surface area (Å²) in [5.41, 5.74) is -0.533. The highest BCUT2D eigenvalue weighted by atomic mass is 127. The lowest BCUT2D eigenvalue weighted by molar-refractivity contribution is -0.137. The van der Waals surface area contributed by atoms with Crippen LogP contribution in [-0.2, 0) is 9.24 Å². The number of hydrogen-bond acceptors (Lipinski definition) is 5. The van der Waals surface area contributed by atoms with Crippen molar-refractivity contribution in [1.29, 1.82) is 0 Å². The van der Waals surface area contributed by atoms with Crippen LogP contribution in [0.5, 0.6) is 0 Å². The highest BCUT2D eigenvalue weighted by Crippen LogP contribution is 2.30. The number of hydrogen-bond donors (Lipinski definition) is 2. The molecule has 162 valence electrons. The summed E-state index contributed by atoms with van der Waals surface area (Å²) in [6.45, 7) is 2.14. The van der Waals surface area contributed by atoms with Crippen LogP contribution in [0.4, 0.5) is 13.2 Å². The van der Waals surface area contributed by atoms with Crippen molar-refractivity contribution in [2.24, 2.45) is 5.92 Å². The molecule has 1 amide bonds. The molecule has 0 aromatic heterocycles. The summed E-state index contributed by atoms with van der Waals surface area (Å²) in [6.07, 6.45) is -4.18. The molecular formula is C19H24F3IN2O4. The van der Waals surface area contributed by atoms with Gasteiger partial charge in [0.15, 0.2) is 0 Å². The fraction of sp³-hybridized carbons (Fsp3) is 0.632. The molecule has 2 N–H and O–H groups in total. The van der Waals surface area contributed by atoms with Crippen LogP contribution in [-0.4, -0.2) is 77.0 Å². The van der Waals surface area contributed by atoms with Gasteiger partial charge < -0.3 is 18.2 Å². The highest BCUT2D eigenvalue weighted by molar-refractivity contribution is 14.1. The van der Waals surface area contributed by atoms with E-state index in [0.717, 1.165) is 18.6 Å². The van der Waals surface area contributed by atoms with Gasteiger partial charge in [-0.15, -0.1) is 0 Å². The number of carbonyl (C=O) groups is 1. The van der Waals surface area contributed by atoms with Gasteiger partial charge in [0.1, 0.15) is 29.1 Å². The molecule has 10 heteroatoms. The Bertz CT molecular complexity index is 704. The summed E-state index contributed by atoms with van der Waals surface area (Å²) in [4.78, 5) is 16.4. The fourth-order valence-electron chi connectivity index (χ4n) is 4.06. The van der Waals surface area contributed by atoms with Crippen molar-refractivity contribution < 1.29 is 31.2 Å². The lowest BCUT2D eigenvalue weighted by atomic mass is 9.95. The van der Waals surface area contributed by atoms with Crippen molar-refractivity contribution in [1.82, 2.24) is 9.80 Å². The average Bonchev–Trinajstić information content (AvgIpc) is 3.16. The van der Waals surface area contributed by atoms with Crippen molar-refractivity contribution in [3.05, 3.63) is 35.4 Å². The van der Waals surface area contributed by atoms with Gasteiger partial charge in [0.2, 0.25) is 0 Å². The largest absolute Gasteiger partial charge is 0.416 e. The molecule has 0 spiro atoms. The summed E-state index contributed by atoms with van der Waals surface area (Å²) in [7, 11) is 0. The van der Waals surface area contributed by atoms with E-state index >= 15 is 0 Å². The maximum atomic E-state index is 12.7. The van der Waals surface area contributed by atoms with Crippen LogP contribution in [0.25, 0.3) is 0 Å². The minimum Gasteiger partial charge on any atom is -0.395 e. The lowest BCUT2D eigenvalue weighted by Gasteiger charge is -2.41. The van der Waals surface area contributed by atoms with Crippen molar-refractivity contribution in [2.75, 3.05) is 32.8 Å². The molecule has 2 aliphatic rings. The van der Waals surface area contributed by atoms with Gasteiger partial charge in [-0.3, -0.25) is 9.69 Å². The molecule has 6 nitrogen and oxygen atoms in total. The molecule has 0 aliphatic carbocycles. The molecule has 0 saturated carbocycles. The second kappa shape index (κ2) is 9.46. The number of carbonyl (C=O) groups excluding carboxylic acids is 1. The standard InChI is InChI=1S/C19H24F3IN2O4/c20-19(21,22)14-3-1-13(2-4-14)18(28)24-6-5-12(8-24)9-25-10-17(29-23)16(27)7-15(25)11-26/h1-4,12,15-17,26-27H,5-11H2/t12-,15+,16-,17-/m0/s1. The first-order chi connectivity index (χ1) is 13.7. The Labute approximate surface area is 181 Å². The Morgan fingerprint density at radius 2 is 1.93 bits per heavy atom. The summed E-state index contributed by atoms with van der Waals surface area (Å²) in [5, 5.41) is 19.7. The van der Waals surface area contributed by atoms with Crippen LogP contribution in [0.3, 0.4) is 0 Å². The highest BCUT2D eigenvalue weighted by Gasteiger charge is 2.37. The van der Waals surface area contributed by atoms with Gasteiger partial charge >= 0.3 is 6.18 Å². The molecule has 0 radical (unpaired) electrons. The Morgan fingerprint density at radius 3 is 2.52 bits per heavy atom. The first-order valence-corrected chi connectivity index (χ1v) is 10.4. The third-order valence-corrected chi connectivity index (χ3v) is 6.38. The van der Waals surface area contributed by atoms with Crippen LogP contribution < -0.4 is 0 Å². The molecule has 4 atom stereocenters. The number of halogens is 4. The summed E-state index contributed by atoms with van der Waals surface area (Å²) >= 11 is 1.77. The summed E-state index contributed by atoms with van der Waals surface area (Å²) in [6, 6.07) is 4.13. The maximum Gasteiger partial charge on any atom is 0.416 e. The van der Waals surface area contributed by atoms with E-state index in [1.54, 1.807) is 27.9 Å². The van der Waals surface area contributed by atoms with Crippen LogP contribution in [0.2, 0.25) is 0 Å². The molecule has 1 aromatic rings. The van der Waals surface area contributed by atoms with Crippen molar-refractivity contribution >= 4 is 28.9 Å². The Hall–Kier alpha value is -0.950. The van der Waals surface area contributed by atoms with Gasteiger partial charge in [-0.05, 0) is 43.0 Å². The normalized spacial score (nSPS) is 28.7. The average molecular weight is 528 g/mol. The smallest absolute Gasteiger partial charge is 0.395 e. The van der Waals surface area contributed by atoms with Crippen molar-refractivity contribution in [3.8, 4) is 0 Å². The Balaban J connectivity index is 1.58. The third kappa shape index (κ3) is 5.40. The molecule has 2 heterocycles. The molecule has 29 heavy (non-hydrogen) atoms. The SMILES string of the molecule is O=C(c1ccc(C(F)(F)F)cc1)N1CC[C@H](CN2C[C@H](OI)[C@@H](O)C[C@@H]2CO)C1. The van der Waals surface area contributed by atoms with Crippen molar-refractivity contribution in [3.63, 3.8) is 0 Å². The minimum absolute atomic E-state index is 0.0635. The zero-order valence-corrected chi connectivity index (χ0v) is 17.8. The van der Waals surface area contributed by atoms with E-state index < -0.39 is 17.8 Å². The molecule has 3 rings (SSSR count). The number of nitrogens with zero attached hydrogens (tertiary/aromatic N) is 2. The lowest BCUT2D eigenvalue weighted by Crippen LogP contribution is -2.55. The van der Waals surface area contributed by atoms with Gasteiger partial charge in [0.05, 0.1) is 18.3 Å². The van der Waals surface area contributed by atoms with E-state index in [-0.39, 0.29) is 36.1 Å². The van der Waals surface area contributed by atoms with Gasteiger partial charge in [0.25, 0.3) is 5.91 Å². The first kappa shape index (κ1) is 22.7. The summed E-state index contributed by atoms with van der Waals surface area (Å²) < 4.78 is 43.4. The predicted octanol–water partition coefficient (Wildman–Crippen LogP) is 2.33. The molecule has 0 bridgehead atoms. The number of alkyl halides is 3. The van der Waals surface area contributed by atoms with E-state index in [1.165, 1.54) is 12.1 Å². The van der Waals surface area contributed by atoms with E-state index in [1.807, 2.05) is 0 Å². The van der Waals surface area contributed by atoms with Gasteiger partial charge in [-0.2, -0.15) is 13.2 Å². The predicted molar refractivity (Wildman–Crippen MR) is 107 cm³/mol. The van der Waals surface area contributed by atoms with Crippen LogP contribution >= 0.6 is 23.0 Å². The number of aliphatic hydroxyl groups excluding tert-OH is 2. The number of piperidine rings is 1. The zero-order chi connectivity index (χ0) is 21.2. The second-order valence-corrected chi connectivity index (χ2v) is 8.21. The molecule has 2 fully saturated rings. The van der Waals surface area contributed by atoms with E-state index in [9.17, 15) is 28.2 Å². The molecule has 2 aliphatic heterocycles. The van der Waals surface area contributed by atoms with E-state index in [0.29, 0.717) is 32.6 Å². The number of aliphatic hydroxyl groups is 2. The Kier molecular flexibility index (Phi) is 7.41. The quantitative estimate of drug-likeness (QED) is 0.575. The number of rotatable bonds is 5. The molecular weight excluding hydrogens is 504 g/mol. The second-order valence-electron chi connectivity index (χ2n) is 7.70. The van der Waals surface area contributed by atoms with E-state index in [2.05, 4.69) is 4.90 Å². The molecule has 2 saturated heterocycles.